The fourth-order valence-electron chi connectivity index (χ4n) is 3.04. The Balaban J connectivity index is 1.95. The lowest BCUT2D eigenvalue weighted by Crippen LogP contribution is -2.65. The zero-order valence-electron chi connectivity index (χ0n) is 8.97. The van der Waals surface area contributed by atoms with Crippen LogP contribution in [0.25, 0.3) is 0 Å². The van der Waals surface area contributed by atoms with Gasteiger partial charge in [-0.3, -0.25) is 0 Å². The van der Waals surface area contributed by atoms with Crippen molar-refractivity contribution >= 4 is 0 Å². The Bertz CT molecular complexity index is 191. The summed E-state index contributed by atoms with van der Waals surface area (Å²) in [5.41, 5.74) is 0.357. The first-order chi connectivity index (χ1) is 6.18. The van der Waals surface area contributed by atoms with E-state index in [1.165, 1.54) is 12.8 Å². The van der Waals surface area contributed by atoms with Crippen molar-refractivity contribution in [1.29, 1.82) is 0 Å². The van der Waals surface area contributed by atoms with E-state index in [9.17, 15) is 0 Å². The second kappa shape index (κ2) is 3.25. The Morgan fingerprint density at radius 1 is 1.46 bits per heavy atom. The number of hydrogen-bond acceptors (Lipinski definition) is 2. The summed E-state index contributed by atoms with van der Waals surface area (Å²) in [6.45, 7) is 9.00. The van der Waals surface area contributed by atoms with Gasteiger partial charge in [0.25, 0.3) is 0 Å². The average Bonchev–Trinajstić information content (AvgIpc) is 2.51. The molecule has 1 heterocycles. The first-order valence-corrected chi connectivity index (χ1v) is 5.53. The molecular weight excluding hydrogens is 162 g/mol. The van der Waals surface area contributed by atoms with Crippen molar-refractivity contribution in [3.63, 3.8) is 0 Å². The minimum Gasteiger partial charge on any atom is -0.377 e. The summed E-state index contributed by atoms with van der Waals surface area (Å²) in [6.07, 6.45) is 3.02. The maximum atomic E-state index is 5.74. The smallest absolute Gasteiger partial charge is 0.0685 e. The van der Waals surface area contributed by atoms with Gasteiger partial charge in [0.05, 0.1) is 6.10 Å². The van der Waals surface area contributed by atoms with Crippen LogP contribution in [0, 0.1) is 11.3 Å². The van der Waals surface area contributed by atoms with Gasteiger partial charge >= 0.3 is 0 Å². The highest BCUT2D eigenvalue weighted by molar-refractivity contribution is 5.11. The summed E-state index contributed by atoms with van der Waals surface area (Å²) in [7, 11) is 0. The highest BCUT2D eigenvalue weighted by Crippen LogP contribution is 2.51. The number of nitrogens with one attached hydrogen (secondary N) is 1. The predicted molar refractivity (Wildman–Crippen MR) is 53.7 cm³/mol. The van der Waals surface area contributed by atoms with Gasteiger partial charge in [0.1, 0.15) is 0 Å². The quantitative estimate of drug-likeness (QED) is 0.720. The first-order valence-electron chi connectivity index (χ1n) is 5.53. The summed E-state index contributed by atoms with van der Waals surface area (Å²) in [6, 6.07) is 0.694. The lowest BCUT2D eigenvalue weighted by atomic mass is 9.57. The van der Waals surface area contributed by atoms with E-state index in [1.54, 1.807) is 0 Å². The van der Waals surface area contributed by atoms with E-state index in [0.717, 1.165) is 19.1 Å². The maximum absolute atomic E-state index is 5.74. The van der Waals surface area contributed by atoms with E-state index in [0.29, 0.717) is 17.6 Å². The Morgan fingerprint density at radius 2 is 2.23 bits per heavy atom. The van der Waals surface area contributed by atoms with Crippen LogP contribution in [0.3, 0.4) is 0 Å². The van der Waals surface area contributed by atoms with Crippen LogP contribution >= 0.6 is 0 Å². The van der Waals surface area contributed by atoms with Crippen LogP contribution in [0.1, 0.15) is 33.6 Å². The van der Waals surface area contributed by atoms with Crippen molar-refractivity contribution in [2.75, 3.05) is 13.2 Å². The number of hydrogen-bond donors (Lipinski definition) is 1. The molecule has 0 aromatic rings. The molecule has 2 fully saturated rings. The molecule has 2 heteroatoms. The monoisotopic (exact) mass is 183 g/mol. The minimum absolute atomic E-state index is 0.357. The third kappa shape index (κ3) is 1.31. The highest BCUT2D eigenvalue weighted by atomic mass is 16.5. The zero-order chi connectivity index (χ0) is 9.47. The van der Waals surface area contributed by atoms with Gasteiger partial charge in [-0.1, -0.05) is 20.8 Å². The van der Waals surface area contributed by atoms with Crippen LogP contribution in [0.5, 0.6) is 0 Å². The van der Waals surface area contributed by atoms with Gasteiger partial charge in [0.15, 0.2) is 0 Å². The molecule has 3 unspecified atom stereocenters. The summed E-state index contributed by atoms with van der Waals surface area (Å²) in [5, 5.41) is 3.65. The third-order valence-electron chi connectivity index (χ3n) is 3.71. The summed E-state index contributed by atoms with van der Waals surface area (Å²) in [5.74, 6) is 0.793. The molecular formula is C11H21NO. The van der Waals surface area contributed by atoms with Crippen LogP contribution < -0.4 is 5.32 Å². The minimum atomic E-state index is 0.357. The van der Waals surface area contributed by atoms with Crippen molar-refractivity contribution in [1.82, 2.24) is 5.32 Å². The Labute approximate surface area is 81.0 Å². The molecule has 1 aliphatic carbocycles. The van der Waals surface area contributed by atoms with E-state index in [-0.39, 0.29) is 0 Å². The Morgan fingerprint density at radius 3 is 2.92 bits per heavy atom. The molecule has 0 aromatic carbocycles. The van der Waals surface area contributed by atoms with E-state index in [2.05, 4.69) is 26.1 Å². The molecule has 3 atom stereocenters. The molecule has 1 aliphatic heterocycles. The molecule has 0 amide bonds. The zero-order valence-corrected chi connectivity index (χ0v) is 8.97. The molecule has 2 nitrogen and oxygen atoms in total. The summed E-state index contributed by atoms with van der Waals surface area (Å²) < 4.78 is 5.74. The summed E-state index contributed by atoms with van der Waals surface area (Å²) in [4.78, 5) is 0. The first kappa shape index (κ1) is 9.47. The second-order valence-corrected chi connectivity index (χ2v) is 5.00. The molecule has 1 N–H and O–H groups in total. The van der Waals surface area contributed by atoms with E-state index in [4.69, 9.17) is 4.74 Å². The van der Waals surface area contributed by atoms with Gasteiger partial charge in [-0.15, -0.1) is 0 Å². The average molecular weight is 183 g/mol. The highest BCUT2D eigenvalue weighted by Gasteiger charge is 2.58. The third-order valence-corrected chi connectivity index (χ3v) is 3.71. The van der Waals surface area contributed by atoms with Crippen molar-refractivity contribution in [3.8, 4) is 0 Å². The van der Waals surface area contributed by atoms with Crippen LogP contribution in [0.2, 0.25) is 0 Å². The molecule has 13 heavy (non-hydrogen) atoms. The Kier molecular flexibility index (Phi) is 2.37. The topological polar surface area (TPSA) is 21.3 Å². The van der Waals surface area contributed by atoms with Gasteiger partial charge in [0, 0.05) is 24.0 Å². The SMILES string of the molecule is CCCNC1C2CCOC2C1(C)C. The normalized spacial score (nSPS) is 41.3. The van der Waals surface area contributed by atoms with Crippen LogP contribution in [-0.4, -0.2) is 25.3 Å². The van der Waals surface area contributed by atoms with Crippen molar-refractivity contribution in [2.45, 2.75) is 45.8 Å². The Hall–Kier alpha value is -0.0800. The lowest BCUT2D eigenvalue weighted by Gasteiger charge is -2.55. The van der Waals surface area contributed by atoms with E-state index in [1.807, 2.05) is 0 Å². The predicted octanol–water partition coefficient (Wildman–Crippen LogP) is 1.80. The van der Waals surface area contributed by atoms with Crippen LogP contribution in [-0.2, 0) is 4.74 Å². The van der Waals surface area contributed by atoms with Crippen molar-refractivity contribution < 1.29 is 4.74 Å². The fraction of sp³-hybridized carbons (Fsp3) is 1.00. The molecule has 0 aromatic heterocycles. The molecule has 0 spiro atoms. The van der Waals surface area contributed by atoms with Crippen LogP contribution in [0.4, 0.5) is 0 Å². The fourth-order valence-corrected chi connectivity index (χ4v) is 3.04. The van der Waals surface area contributed by atoms with Gasteiger partial charge < -0.3 is 10.1 Å². The maximum Gasteiger partial charge on any atom is 0.0685 e. The molecule has 0 radical (unpaired) electrons. The van der Waals surface area contributed by atoms with E-state index >= 15 is 0 Å². The van der Waals surface area contributed by atoms with Gasteiger partial charge in [-0.25, -0.2) is 0 Å². The number of rotatable bonds is 3. The summed E-state index contributed by atoms with van der Waals surface area (Å²) >= 11 is 0. The van der Waals surface area contributed by atoms with Gasteiger partial charge in [-0.05, 0) is 19.4 Å². The largest absolute Gasteiger partial charge is 0.377 e. The molecule has 1 saturated heterocycles. The number of ether oxygens (including phenoxy) is 1. The molecule has 2 rings (SSSR count). The van der Waals surface area contributed by atoms with E-state index < -0.39 is 0 Å². The van der Waals surface area contributed by atoms with Gasteiger partial charge in [0.2, 0.25) is 0 Å². The molecule has 76 valence electrons. The van der Waals surface area contributed by atoms with Crippen molar-refractivity contribution in [3.05, 3.63) is 0 Å². The van der Waals surface area contributed by atoms with Crippen LogP contribution in [0.15, 0.2) is 0 Å². The molecule has 2 aliphatic rings. The molecule has 0 bridgehead atoms. The van der Waals surface area contributed by atoms with Crippen molar-refractivity contribution in [2.24, 2.45) is 11.3 Å². The molecule has 1 saturated carbocycles. The van der Waals surface area contributed by atoms with Gasteiger partial charge in [-0.2, -0.15) is 0 Å². The number of fused-ring (bicyclic) bond motifs is 1. The standard InChI is InChI=1S/C11H21NO/c1-4-6-12-9-8-5-7-13-10(8)11(9,2)3/h8-10,12H,4-7H2,1-3H3. The lowest BCUT2D eigenvalue weighted by molar-refractivity contribution is -0.112. The second-order valence-electron chi connectivity index (χ2n) is 5.00.